The summed E-state index contributed by atoms with van der Waals surface area (Å²) in [5.41, 5.74) is 0. The molecule has 0 saturated heterocycles. The summed E-state index contributed by atoms with van der Waals surface area (Å²) in [5.74, 6) is 3.79. The highest BCUT2D eigenvalue weighted by Crippen LogP contribution is 2.49. The Balaban J connectivity index is 1.26. The Labute approximate surface area is 128 Å². The molecule has 4 aliphatic rings. The zero-order valence-corrected chi connectivity index (χ0v) is 13.4. The Kier molecular flexibility index (Phi) is 3.72. The van der Waals surface area contributed by atoms with Crippen LogP contribution in [0.25, 0.3) is 0 Å². The van der Waals surface area contributed by atoms with Crippen molar-refractivity contribution < 1.29 is 4.79 Å². The fourth-order valence-electron chi connectivity index (χ4n) is 4.91. The maximum Gasteiger partial charge on any atom is 0.234 e. The highest BCUT2D eigenvalue weighted by molar-refractivity contribution is 5.78. The van der Waals surface area contributed by atoms with Gasteiger partial charge in [0.1, 0.15) is 0 Å². The van der Waals surface area contributed by atoms with Crippen LogP contribution in [0.5, 0.6) is 0 Å². The lowest BCUT2D eigenvalue weighted by molar-refractivity contribution is -0.123. The van der Waals surface area contributed by atoms with E-state index in [0.29, 0.717) is 18.6 Å². The van der Waals surface area contributed by atoms with Crippen molar-refractivity contribution in [3.8, 4) is 0 Å². The molecular formula is C18H30N2O. The van der Waals surface area contributed by atoms with Gasteiger partial charge in [-0.25, -0.2) is 0 Å². The van der Waals surface area contributed by atoms with E-state index in [0.717, 1.165) is 23.7 Å². The van der Waals surface area contributed by atoms with Crippen LogP contribution in [0.2, 0.25) is 0 Å². The molecule has 3 heteroatoms. The largest absolute Gasteiger partial charge is 0.352 e. The number of carbonyl (C=O) groups excluding carboxylic acids is 1. The lowest BCUT2D eigenvalue weighted by Gasteiger charge is -2.29. The molecule has 4 aliphatic carbocycles. The third-order valence-electron chi connectivity index (χ3n) is 6.42. The van der Waals surface area contributed by atoms with Crippen LogP contribution in [-0.2, 0) is 4.79 Å². The topological polar surface area (TPSA) is 32.3 Å². The first kappa shape index (κ1) is 14.0. The smallest absolute Gasteiger partial charge is 0.234 e. The van der Waals surface area contributed by atoms with Gasteiger partial charge in [-0.2, -0.15) is 0 Å². The predicted octanol–water partition coefficient (Wildman–Crippen LogP) is 2.80. The molecule has 1 amide bonds. The lowest BCUT2D eigenvalue weighted by atomic mass is 9.84. The Morgan fingerprint density at radius 2 is 1.95 bits per heavy atom. The molecule has 1 N–H and O–H groups in total. The summed E-state index contributed by atoms with van der Waals surface area (Å²) >= 11 is 0. The normalized spacial score (nSPS) is 36.2. The standard InChI is InChI=1S/C18H30N2O/c1-12(17-9-14-4-5-15(17)8-14)19-18(21)11-20(16-6-7-16)10-13-2-3-13/h12-17H,2-11H2,1H3,(H,19,21). The summed E-state index contributed by atoms with van der Waals surface area (Å²) < 4.78 is 0. The highest BCUT2D eigenvalue weighted by Gasteiger charge is 2.42. The van der Waals surface area contributed by atoms with Crippen LogP contribution in [0.15, 0.2) is 0 Å². The van der Waals surface area contributed by atoms with Gasteiger partial charge in [0.05, 0.1) is 6.54 Å². The van der Waals surface area contributed by atoms with E-state index in [-0.39, 0.29) is 5.91 Å². The first-order chi connectivity index (χ1) is 10.2. The summed E-state index contributed by atoms with van der Waals surface area (Å²) in [5, 5.41) is 3.33. The molecule has 0 spiro atoms. The number of fused-ring (bicyclic) bond motifs is 2. The molecular weight excluding hydrogens is 260 g/mol. The van der Waals surface area contributed by atoms with E-state index in [2.05, 4.69) is 17.1 Å². The van der Waals surface area contributed by atoms with Crippen molar-refractivity contribution in [2.45, 2.75) is 70.4 Å². The van der Waals surface area contributed by atoms with Gasteiger partial charge in [-0.3, -0.25) is 9.69 Å². The summed E-state index contributed by atoms with van der Waals surface area (Å²) in [7, 11) is 0. The van der Waals surface area contributed by atoms with Crippen molar-refractivity contribution in [3.63, 3.8) is 0 Å². The molecule has 2 bridgehead atoms. The maximum atomic E-state index is 12.4. The summed E-state index contributed by atoms with van der Waals surface area (Å²) in [6, 6.07) is 1.10. The average molecular weight is 290 g/mol. The number of carbonyl (C=O) groups is 1. The van der Waals surface area contributed by atoms with E-state index in [1.54, 1.807) is 0 Å². The third kappa shape index (κ3) is 3.28. The average Bonchev–Trinajstić information content (AvgIpc) is 3.37. The van der Waals surface area contributed by atoms with Crippen LogP contribution >= 0.6 is 0 Å². The molecule has 21 heavy (non-hydrogen) atoms. The Morgan fingerprint density at radius 3 is 2.52 bits per heavy atom. The third-order valence-corrected chi connectivity index (χ3v) is 6.42. The zero-order valence-electron chi connectivity index (χ0n) is 13.4. The monoisotopic (exact) mass is 290 g/mol. The Morgan fingerprint density at radius 1 is 1.14 bits per heavy atom. The van der Waals surface area contributed by atoms with Gasteiger partial charge < -0.3 is 5.32 Å². The van der Waals surface area contributed by atoms with Crippen LogP contribution in [-0.4, -0.2) is 36.0 Å². The van der Waals surface area contributed by atoms with Crippen molar-refractivity contribution in [3.05, 3.63) is 0 Å². The quantitative estimate of drug-likeness (QED) is 0.782. The van der Waals surface area contributed by atoms with Gasteiger partial charge in [-0.05, 0) is 75.5 Å². The fraction of sp³-hybridized carbons (Fsp3) is 0.944. The van der Waals surface area contributed by atoms with Crippen LogP contribution < -0.4 is 5.32 Å². The molecule has 0 radical (unpaired) electrons. The van der Waals surface area contributed by atoms with E-state index in [1.807, 2.05) is 0 Å². The maximum absolute atomic E-state index is 12.4. The lowest BCUT2D eigenvalue weighted by Crippen LogP contribution is -2.45. The van der Waals surface area contributed by atoms with Gasteiger partial charge >= 0.3 is 0 Å². The fourth-order valence-corrected chi connectivity index (χ4v) is 4.91. The summed E-state index contributed by atoms with van der Waals surface area (Å²) in [6.45, 7) is 4.05. The van der Waals surface area contributed by atoms with Crippen molar-refractivity contribution in [1.29, 1.82) is 0 Å². The first-order valence-corrected chi connectivity index (χ1v) is 9.22. The minimum Gasteiger partial charge on any atom is -0.352 e. The summed E-state index contributed by atoms with van der Waals surface area (Å²) in [4.78, 5) is 14.9. The van der Waals surface area contributed by atoms with Gasteiger partial charge in [0, 0.05) is 18.6 Å². The number of amides is 1. The molecule has 0 heterocycles. The first-order valence-electron chi connectivity index (χ1n) is 9.22. The van der Waals surface area contributed by atoms with Gasteiger partial charge in [-0.1, -0.05) is 6.42 Å². The molecule has 118 valence electrons. The zero-order chi connectivity index (χ0) is 14.4. The van der Waals surface area contributed by atoms with Crippen LogP contribution in [0.3, 0.4) is 0 Å². The van der Waals surface area contributed by atoms with E-state index in [1.165, 1.54) is 57.9 Å². The molecule has 4 fully saturated rings. The van der Waals surface area contributed by atoms with Gasteiger partial charge in [0.25, 0.3) is 0 Å². The molecule has 4 atom stereocenters. The van der Waals surface area contributed by atoms with Crippen LogP contribution in [0.4, 0.5) is 0 Å². The van der Waals surface area contributed by atoms with E-state index >= 15 is 0 Å². The SMILES string of the molecule is CC(NC(=O)CN(CC1CC1)C1CC1)C1CC2CCC1C2. The van der Waals surface area contributed by atoms with Crippen LogP contribution in [0.1, 0.15) is 58.3 Å². The molecule has 0 aromatic rings. The minimum absolute atomic E-state index is 0.276. The van der Waals surface area contributed by atoms with Gasteiger partial charge in [0.15, 0.2) is 0 Å². The van der Waals surface area contributed by atoms with Crippen molar-refractivity contribution >= 4 is 5.91 Å². The Bertz CT molecular complexity index is 402. The number of nitrogens with zero attached hydrogens (tertiary/aromatic N) is 1. The van der Waals surface area contributed by atoms with E-state index < -0.39 is 0 Å². The number of nitrogens with one attached hydrogen (secondary N) is 1. The van der Waals surface area contributed by atoms with E-state index in [4.69, 9.17) is 0 Å². The van der Waals surface area contributed by atoms with Gasteiger partial charge in [-0.15, -0.1) is 0 Å². The van der Waals surface area contributed by atoms with E-state index in [9.17, 15) is 4.79 Å². The Hall–Kier alpha value is -0.570. The highest BCUT2D eigenvalue weighted by atomic mass is 16.2. The second kappa shape index (κ2) is 5.57. The molecule has 3 nitrogen and oxygen atoms in total. The second-order valence-electron chi connectivity index (χ2n) is 8.30. The van der Waals surface area contributed by atoms with Crippen molar-refractivity contribution in [1.82, 2.24) is 10.2 Å². The number of hydrogen-bond acceptors (Lipinski definition) is 2. The van der Waals surface area contributed by atoms with Crippen LogP contribution in [0, 0.1) is 23.7 Å². The number of rotatable bonds is 7. The van der Waals surface area contributed by atoms with Crippen molar-refractivity contribution in [2.75, 3.05) is 13.1 Å². The summed E-state index contributed by atoms with van der Waals surface area (Å²) in [6.07, 6.45) is 11.0. The molecule has 4 saturated carbocycles. The molecule has 0 aromatic heterocycles. The molecule has 4 rings (SSSR count). The molecule has 0 aromatic carbocycles. The van der Waals surface area contributed by atoms with Gasteiger partial charge in [0.2, 0.25) is 5.91 Å². The second-order valence-corrected chi connectivity index (χ2v) is 8.30. The van der Waals surface area contributed by atoms with Crippen molar-refractivity contribution in [2.24, 2.45) is 23.7 Å². The number of hydrogen-bond donors (Lipinski definition) is 1. The minimum atomic E-state index is 0.276. The predicted molar refractivity (Wildman–Crippen MR) is 83.9 cm³/mol. The molecule has 4 unspecified atom stereocenters. The molecule has 0 aliphatic heterocycles.